The fraction of sp³-hybridized carbons (Fsp3) is 0.478. The van der Waals surface area contributed by atoms with E-state index in [9.17, 15) is 9.59 Å². The second-order valence-electron chi connectivity index (χ2n) is 8.78. The van der Waals surface area contributed by atoms with Gasteiger partial charge in [-0.15, -0.1) is 0 Å². The molecule has 0 atom stereocenters. The number of nitrogens with one attached hydrogen (secondary N) is 2. The molecule has 156 valence electrons. The molecule has 0 bridgehead atoms. The predicted octanol–water partition coefficient (Wildman–Crippen LogP) is 4.30. The third kappa shape index (κ3) is 6.11. The quantitative estimate of drug-likeness (QED) is 0.807. The van der Waals surface area contributed by atoms with Crippen molar-refractivity contribution in [1.29, 1.82) is 0 Å². The van der Waals surface area contributed by atoms with Crippen LogP contribution < -0.4 is 16.2 Å². The predicted molar refractivity (Wildman–Crippen MR) is 116 cm³/mol. The van der Waals surface area contributed by atoms with Gasteiger partial charge in [0.1, 0.15) is 5.60 Å². The number of carbonyl (C=O) groups excluding carboxylic acids is 1. The van der Waals surface area contributed by atoms with Crippen LogP contribution in [-0.4, -0.2) is 28.3 Å². The van der Waals surface area contributed by atoms with E-state index < -0.39 is 5.60 Å². The van der Waals surface area contributed by atoms with Gasteiger partial charge in [-0.25, -0.2) is 4.79 Å². The normalized spacial score (nSPS) is 19.4. The molecular weight excluding hydrogens is 366 g/mol. The number of pyridine rings is 1. The van der Waals surface area contributed by atoms with Crippen LogP contribution in [0, 0.1) is 0 Å². The van der Waals surface area contributed by atoms with E-state index in [1.165, 1.54) is 0 Å². The van der Waals surface area contributed by atoms with Crippen molar-refractivity contribution in [2.24, 2.45) is 7.05 Å². The maximum Gasteiger partial charge on any atom is 0.407 e. The first-order valence-electron chi connectivity index (χ1n) is 10.2. The van der Waals surface area contributed by atoms with Crippen molar-refractivity contribution in [1.82, 2.24) is 9.88 Å². The minimum absolute atomic E-state index is 0.0104. The Balaban J connectivity index is 1.50. The first kappa shape index (κ1) is 21.0. The topological polar surface area (TPSA) is 72.4 Å². The molecule has 1 amide bonds. The SMILES string of the molecule is Cn1cc(-c2ccc(NC3CCC(NC(=O)OC(C)(C)C)CC3)cc2)ccc1=O. The average molecular weight is 398 g/mol. The van der Waals surface area contributed by atoms with Gasteiger partial charge in [-0.2, -0.15) is 0 Å². The molecule has 3 rings (SSSR count). The third-order valence-corrected chi connectivity index (χ3v) is 5.12. The van der Waals surface area contributed by atoms with Gasteiger partial charge in [-0.1, -0.05) is 12.1 Å². The van der Waals surface area contributed by atoms with E-state index in [1.807, 2.05) is 33.0 Å². The number of aryl methyl sites for hydroxylation is 1. The van der Waals surface area contributed by atoms with Crippen molar-refractivity contribution in [3.63, 3.8) is 0 Å². The summed E-state index contributed by atoms with van der Waals surface area (Å²) in [6.45, 7) is 5.62. The van der Waals surface area contributed by atoms with Crippen molar-refractivity contribution < 1.29 is 9.53 Å². The minimum Gasteiger partial charge on any atom is -0.444 e. The zero-order chi connectivity index (χ0) is 21.0. The van der Waals surface area contributed by atoms with Crippen molar-refractivity contribution >= 4 is 11.8 Å². The van der Waals surface area contributed by atoms with Crippen molar-refractivity contribution in [3.8, 4) is 11.1 Å². The van der Waals surface area contributed by atoms with E-state index in [-0.39, 0.29) is 17.7 Å². The molecule has 0 radical (unpaired) electrons. The molecule has 6 heteroatoms. The molecule has 1 heterocycles. The van der Waals surface area contributed by atoms with Crippen LogP contribution in [0.15, 0.2) is 47.4 Å². The van der Waals surface area contributed by atoms with Crippen LogP contribution in [0.1, 0.15) is 46.5 Å². The summed E-state index contributed by atoms with van der Waals surface area (Å²) in [5.41, 5.74) is 2.71. The van der Waals surface area contributed by atoms with Gasteiger partial charge >= 0.3 is 6.09 Å². The number of amides is 1. The van der Waals surface area contributed by atoms with Crippen LogP contribution in [0.25, 0.3) is 11.1 Å². The molecule has 1 aromatic carbocycles. The molecule has 1 aliphatic carbocycles. The van der Waals surface area contributed by atoms with Crippen LogP contribution in [0.2, 0.25) is 0 Å². The summed E-state index contributed by atoms with van der Waals surface area (Å²) in [7, 11) is 1.76. The molecule has 1 aromatic heterocycles. The number of hydrogen-bond donors (Lipinski definition) is 2. The van der Waals surface area contributed by atoms with Crippen LogP contribution in [0.4, 0.5) is 10.5 Å². The number of anilines is 1. The second kappa shape index (κ2) is 8.72. The Kier molecular flexibility index (Phi) is 6.30. The molecule has 1 aliphatic rings. The Morgan fingerprint density at radius 3 is 2.14 bits per heavy atom. The van der Waals surface area contributed by atoms with Gasteiger partial charge < -0.3 is 19.9 Å². The van der Waals surface area contributed by atoms with Gasteiger partial charge in [0.25, 0.3) is 0 Å². The highest BCUT2D eigenvalue weighted by Gasteiger charge is 2.24. The highest BCUT2D eigenvalue weighted by molar-refractivity contribution is 5.68. The number of nitrogens with zero attached hydrogens (tertiary/aromatic N) is 1. The number of hydrogen-bond acceptors (Lipinski definition) is 4. The van der Waals surface area contributed by atoms with Crippen LogP contribution in [0.5, 0.6) is 0 Å². The molecule has 2 aromatic rings. The summed E-state index contributed by atoms with van der Waals surface area (Å²) in [6.07, 6.45) is 5.40. The Bertz CT molecular complexity index is 889. The number of benzene rings is 1. The molecule has 1 saturated carbocycles. The van der Waals surface area contributed by atoms with E-state index >= 15 is 0 Å². The van der Waals surface area contributed by atoms with Crippen molar-refractivity contribution in [2.45, 2.75) is 64.1 Å². The average Bonchev–Trinajstić information content (AvgIpc) is 2.65. The monoisotopic (exact) mass is 397 g/mol. The Morgan fingerprint density at radius 1 is 0.966 bits per heavy atom. The lowest BCUT2D eigenvalue weighted by atomic mass is 9.91. The van der Waals surface area contributed by atoms with Gasteiger partial charge in [-0.3, -0.25) is 4.79 Å². The highest BCUT2D eigenvalue weighted by atomic mass is 16.6. The summed E-state index contributed by atoms with van der Waals surface area (Å²) in [4.78, 5) is 23.5. The lowest BCUT2D eigenvalue weighted by Crippen LogP contribution is -2.42. The van der Waals surface area contributed by atoms with Crippen LogP contribution in [-0.2, 0) is 11.8 Å². The largest absolute Gasteiger partial charge is 0.444 e. The summed E-state index contributed by atoms with van der Waals surface area (Å²) >= 11 is 0. The summed E-state index contributed by atoms with van der Waals surface area (Å²) < 4.78 is 6.93. The Hall–Kier alpha value is -2.76. The zero-order valence-corrected chi connectivity index (χ0v) is 17.7. The molecule has 0 spiro atoms. The second-order valence-corrected chi connectivity index (χ2v) is 8.78. The van der Waals surface area contributed by atoms with E-state index in [0.29, 0.717) is 6.04 Å². The minimum atomic E-state index is -0.469. The van der Waals surface area contributed by atoms with Crippen LogP contribution >= 0.6 is 0 Å². The van der Waals surface area contributed by atoms with Gasteiger partial charge in [0, 0.05) is 37.1 Å². The van der Waals surface area contributed by atoms with Gasteiger partial charge in [-0.05, 0) is 75.8 Å². The molecule has 29 heavy (non-hydrogen) atoms. The smallest absolute Gasteiger partial charge is 0.407 e. The third-order valence-electron chi connectivity index (χ3n) is 5.12. The molecule has 1 fully saturated rings. The van der Waals surface area contributed by atoms with Gasteiger partial charge in [0.15, 0.2) is 0 Å². The maximum atomic E-state index is 11.9. The molecular formula is C23H31N3O3. The number of alkyl carbamates (subject to hydrolysis) is 1. The fourth-order valence-corrected chi connectivity index (χ4v) is 3.62. The Morgan fingerprint density at radius 2 is 1.55 bits per heavy atom. The summed E-state index contributed by atoms with van der Waals surface area (Å²) in [5.74, 6) is 0. The lowest BCUT2D eigenvalue weighted by Gasteiger charge is -2.31. The molecule has 0 saturated heterocycles. The van der Waals surface area contributed by atoms with E-state index in [1.54, 1.807) is 17.7 Å². The number of carbonyl (C=O) groups is 1. The van der Waals surface area contributed by atoms with Crippen molar-refractivity contribution in [2.75, 3.05) is 5.32 Å². The highest BCUT2D eigenvalue weighted by Crippen LogP contribution is 2.25. The Labute approximate surface area is 172 Å². The zero-order valence-electron chi connectivity index (χ0n) is 17.7. The number of aromatic nitrogens is 1. The molecule has 2 N–H and O–H groups in total. The molecule has 0 unspecified atom stereocenters. The number of rotatable bonds is 4. The van der Waals surface area contributed by atoms with E-state index in [2.05, 4.69) is 34.9 Å². The maximum absolute atomic E-state index is 11.9. The molecule has 6 nitrogen and oxygen atoms in total. The number of ether oxygens (including phenoxy) is 1. The first-order valence-corrected chi connectivity index (χ1v) is 10.2. The first-order chi connectivity index (χ1) is 13.7. The summed E-state index contributed by atoms with van der Waals surface area (Å²) in [6, 6.07) is 12.3. The lowest BCUT2D eigenvalue weighted by molar-refractivity contribution is 0.0492. The van der Waals surface area contributed by atoms with Crippen molar-refractivity contribution in [3.05, 3.63) is 52.9 Å². The standard InChI is InChI=1S/C23H31N3O3/c1-23(2,3)29-22(28)25-20-12-10-19(11-13-20)24-18-8-5-16(6-9-18)17-7-14-21(27)26(4)15-17/h5-9,14-15,19-20,24H,10-13H2,1-4H3,(H,25,28). The van der Waals surface area contributed by atoms with E-state index in [0.717, 1.165) is 42.5 Å². The molecule has 0 aliphatic heterocycles. The summed E-state index contributed by atoms with van der Waals surface area (Å²) in [5, 5.41) is 6.57. The van der Waals surface area contributed by atoms with Gasteiger partial charge in [0.2, 0.25) is 5.56 Å². The van der Waals surface area contributed by atoms with E-state index in [4.69, 9.17) is 4.74 Å². The van der Waals surface area contributed by atoms with Gasteiger partial charge in [0.05, 0.1) is 0 Å². The fourth-order valence-electron chi connectivity index (χ4n) is 3.62. The van der Waals surface area contributed by atoms with Crippen LogP contribution in [0.3, 0.4) is 0 Å².